The first-order valence-corrected chi connectivity index (χ1v) is 8.44. The number of fused-ring (bicyclic) bond motifs is 1. The molecule has 1 aromatic heterocycles. The number of benzene rings is 2. The lowest BCUT2D eigenvalue weighted by Crippen LogP contribution is -2.24. The van der Waals surface area contributed by atoms with Crippen molar-refractivity contribution < 1.29 is 18.0 Å². The highest BCUT2D eigenvalue weighted by Crippen LogP contribution is 2.32. The minimum absolute atomic E-state index is 0.0669. The average Bonchev–Trinajstić information content (AvgIpc) is 3.04. The van der Waals surface area contributed by atoms with E-state index in [4.69, 9.17) is 11.6 Å². The van der Waals surface area contributed by atoms with E-state index in [0.717, 1.165) is 12.1 Å². The molecule has 0 spiro atoms. The fraction of sp³-hybridized carbons (Fsp3) is 0.222. The SMILES string of the molecule is CNC(=O)CC(Nc1nc2c(Cl)cccc2[nH]1)c1cccc(C(F)(F)F)c1. The minimum Gasteiger partial charge on any atom is -0.359 e. The molecule has 1 atom stereocenters. The van der Waals surface area contributed by atoms with Gasteiger partial charge in [-0.15, -0.1) is 0 Å². The van der Waals surface area contributed by atoms with Crippen LogP contribution in [0.2, 0.25) is 5.02 Å². The van der Waals surface area contributed by atoms with E-state index in [1.165, 1.54) is 19.2 Å². The van der Waals surface area contributed by atoms with Crippen LogP contribution >= 0.6 is 11.6 Å². The maximum absolute atomic E-state index is 13.0. The van der Waals surface area contributed by atoms with Crippen LogP contribution < -0.4 is 10.6 Å². The van der Waals surface area contributed by atoms with Gasteiger partial charge in [0.2, 0.25) is 11.9 Å². The Bertz CT molecular complexity index is 971. The number of carbonyl (C=O) groups excluding carboxylic acids is 1. The summed E-state index contributed by atoms with van der Waals surface area (Å²) in [6.07, 6.45) is -4.54. The van der Waals surface area contributed by atoms with E-state index >= 15 is 0 Å². The van der Waals surface area contributed by atoms with Crippen molar-refractivity contribution in [1.82, 2.24) is 15.3 Å². The maximum atomic E-state index is 13.0. The molecule has 0 radical (unpaired) electrons. The molecule has 1 unspecified atom stereocenters. The topological polar surface area (TPSA) is 69.8 Å². The second kappa shape index (κ2) is 7.48. The fourth-order valence-corrected chi connectivity index (χ4v) is 2.92. The van der Waals surface area contributed by atoms with Gasteiger partial charge in [-0.3, -0.25) is 4.79 Å². The highest BCUT2D eigenvalue weighted by Gasteiger charge is 2.31. The summed E-state index contributed by atoms with van der Waals surface area (Å²) in [5.74, 6) is -0.0107. The van der Waals surface area contributed by atoms with E-state index < -0.39 is 17.8 Å². The summed E-state index contributed by atoms with van der Waals surface area (Å²) in [4.78, 5) is 19.2. The van der Waals surface area contributed by atoms with Gasteiger partial charge in [0, 0.05) is 7.05 Å². The second-order valence-electron chi connectivity index (χ2n) is 5.92. The van der Waals surface area contributed by atoms with Gasteiger partial charge in [-0.05, 0) is 29.8 Å². The van der Waals surface area contributed by atoms with E-state index in [9.17, 15) is 18.0 Å². The van der Waals surface area contributed by atoms with Gasteiger partial charge in [0.15, 0.2) is 0 Å². The molecule has 0 aliphatic rings. The normalized spacial score (nSPS) is 12.8. The highest BCUT2D eigenvalue weighted by molar-refractivity contribution is 6.34. The van der Waals surface area contributed by atoms with Crippen molar-refractivity contribution >= 4 is 34.5 Å². The van der Waals surface area contributed by atoms with Gasteiger partial charge >= 0.3 is 6.18 Å². The molecule has 142 valence electrons. The van der Waals surface area contributed by atoms with Gasteiger partial charge in [0.05, 0.1) is 28.6 Å². The fourth-order valence-electron chi connectivity index (χ4n) is 2.70. The zero-order chi connectivity index (χ0) is 19.6. The summed E-state index contributed by atoms with van der Waals surface area (Å²) in [6.45, 7) is 0. The molecule has 0 fully saturated rings. The van der Waals surface area contributed by atoms with Crippen molar-refractivity contribution in [3.63, 3.8) is 0 Å². The molecule has 0 saturated carbocycles. The van der Waals surface area contributed by atoms with E-state index in [2.05, 4.69) is 20.6 Å². The number of para-hydroxylation sites is 1. The molecule has 2 aromatic carbocycles. The number of carbonyl (C=O) groups is 1. The lowest BCUT2D eigenvalue weighted by Gasteiger charge is -2.19. The monoisotopic (exact) mass is 396 g/mol. The molecule has 27 heavy (non-hydrogen) atoms. The van der Waals surface area contributed by atoms with Crippen LogP contribution in [0.4, 0.5) is 19.1 Å². The quantitative estimate of drug-likeness (QED) is 0.593. The van der Waals surface area contributed by atoms with Crippen LogP contribution in [0.3, 0.4) is 0 Å². The number of aromatic amines is 1. The summed E-state index contributed by atoms with van der Waals surface area (Å²) in [5.41, 5.74) is 0.744. The number of rotatable bonds is 5. The van der Waals surface area contributed by atoms with Crippen LogP contribution in [0.1, 0.15) is 23.6 Å². The number of anilines is 1. The Kier molecular flexibility index (Phi) is 5.27. The number of nitrogens with one attached hydrogen (secondary N) is 3. The molecular weight excluding hydrogens is 381 g/mol. The zero-order valence-electron chi connectivity index (χ0n) is 14.2. The van der Waals surface area contributed by atoms with Crippen LogP contribution in [0.15, 0.2) is 42.5 Å². The number of imidazole rings is 1. The van der Waals surface area contributed by atoms with Crippen LogP contribution in [0.5, 0.6) is 0 Å². The number of H-pyrrole nitrogens is 1. The number of aromatic nitrogens is 2. The first-order chi connectivity index (χ1) is 12.8. The average molecular weight is 397 g/mol. The Labute approximate surface area is 157 Å². The molecule has 0 aliphatic carbocycles. The third-order valence-electron chi connectivity index (χ3n) is 4.06. The molecule has 3 rings (SSSR count). The molecule has 3 N–H and O–H groups in total. The predicted molar refractivity (Wildman–Crippen MR) is 97.6 cm³/mol. The van der Waals surface area contributed by atoms with Crippen LogP contribution in [-0.2, 0) is 11.0 Å². The van der Waals surface area contributed by atoms with E-state index in [1.54, 1.807) is 18.2 Å². The van der Waals surface area contributed by atoms with E-state index in [0.29, 0.717) is 27.6 Å². The molecule has 0 aliphatic heterocycles. The van der Waals surface area contributed by atoms with Crippen molar-refractivity contribution in [2.45, 2.75) is 18.6 Å². The molecule has 9 heteroatoms. The third-order valence-corrected chi connectivity index (χ3v) is 4.36. The van der Waals surface area contributed by atoms with Crippen LogP contribution in [0, 0.1) is 0 Å². The number of amides is 1. The number of nitrogens with zero attached hydrogens (tertiary/aromatic N) is 1. The van der Waals surface area contributed by atoms with Gasteiger partial charge in [0.25, 0.3) is 0 Å². The van der Waals surface area contributed by atoms with Gasteiger partial charge in [-0.2, -0.15) is 13.2 Å². The maximum Gasteiger partial charge on any atom is 0.416 e. The Balaban J connectivity index is 1.96. The molecular formula is C18H16ClF3N4O. The molecule has 5 nitrogen and oxygen atoms in total. The first kappa shape index (κ1) is 19.0. The van der Waals surface area contributed by atoms with E-state index in [-0.39, 0.29) is 12.3 Å². The van der Waals surface area contributed by atoms with Crippen molar-refractivity contribution in [2.75, 3.05) is 12.4 Å². The van der Waals surface area contributed by atoms with Crippen molar-refractivity contribution in [3.8, 4) is 0 Å². The van der Waals surface area contributed by atoms with Crippen LogP contribution in [0.25, 0.3) is 11.0 Å². The Morgan fingerprint density at radius 3 is 2.67 bits per heavy atom. The molecule has 0 bridgehead atoms. The standard InChI is InChI=1S/C18H16ClF3N4O/c1-23-15(27)9-14(10-4-2-5-11(8-10)18(20,21)22)25-17-24-13-7-3-6-12(19)16(13)26-17/h2-8,14H,9H2,1H3,(H,23,27)(H2,24,25,26). The summed E-state index contributed by atoms with van der Waals surface area (Å²) >= 11 is 6.10. The van der Waals surface area contributed by atoms with Gasteiger partial charge in [0.1, 0.15) is 5.52 Å². The number of alkyl halides is 3. The molecule has 1 amide bonds. The summed E-state index contributed by atoms with van der Waals surface area (Å²) in [7, 11) is 1.46. The van der Waals surface area contributed by atoms with Gasteiger partial charge < -0.3 is 15.6 Å². The third kappa shape index (κ3) is 4.33. The molecule has 1 heterocycles. The Hall–Kier alpha value is -2.74. The minimum atomic E-state index is -4.47. The zero-order valence-corrected chi connectivity index (χ0v) is 14.9. The number of halogens is 4. The number of hydrogen-bond acceptors (Lipinski definition) is 3. The van der Waals surface area contributed by atoms with Gasteiger partial charge in [-0.25, -0.2) is 4.98 Å². The lowest BCUT2D eigenvalue weighted by atomic mass is 10.0. The first-order valence-electron chi connectivity index (χ1n) is 8.06. The van der Waals surface area contributed by atoms with Crippen molar-refractivity contribution in [1.29, 1.82) is 0 Å². The van der Waals surface area contributed by atoms with E-state index in [1.807, 2.05) is 0 Å². The van der Waals surface area contributed by atoms with Crippen molar-refractivity contribution in [3.05, 3.63) is 58.6 Å². The summed E-state index contributed by atoms with van der Waals surface area (Å²) < 4.78 is 39.1. The Morgan fingerprint density at radius 2 is 2.00 bits per heavy atom. The highest BCUT2D eigenvalue weighted by atomic mass is 35.5. The molecule has 3 aromatic rings. The smallest absolute Gasteiger partial charge is 0.359 e. The summed E-state index contributed by atoms with van der Waals surface area (Å²) in [6, 6.07) is 9.35. The second-order valence-corrected chi connectivity index (χ2v) is 6.33. The predicted octanol–water partition coefficient (Wildman–Crippen LogP) is 4.52. The van der Waals surface area contributed by atoms with Crippen LogP contribution in [-0.4, -0.2) is 22.9 Å². The number of hydrogen-bond donors (Lipinski definition) is 3. The summed E-state index contributed by atoms with van der Waals surface area (Å²) in [5, 5.41) is 5.92. The van der Waals surface area contributed by atoms with Crippen molar-refractivity contribution in [2.24, 2.45) is 0 Å². The Morgan fingerprint density at radius 1 is 1.26 bits per heavy atom. The van der Waals surface area contributed by atoms with Gasteiger partial charge in [-0.1, -0.05) is 29.8 Å². The molecule has 0 saturated heterocycles. The largest absolute Gasteiger partial charge is 0.416 e. The lowest BCUT2D eigenvalue weighted by molar-refractivity contribution is -0.137.